The first-order chi connectivity index (χ1) is 11.3. The SMILES string of the molecule is Cc1ccc2cc(-c3cnc(C4NC5CCC4C5)[nH]3)ccc2c1. The van der Waals surface area contributed by atoms with Crippen LogP contribution in [0, 0.1) is 12.8 Å². The average molecular weight is 303 g/mol. The van der Waals surface area contributed by atoms with Crippen LogP contribution in [0.4, 0.5) is 0 Å². The van der Waals surface area contributed by atoms with Crippen LogP contribution in [0.3, 0.4) is 0 Å². The van der Waals surface area contributed by atoms with Crippen molar-refractivity contribution in [3.8, 4) is 11.3 Å². The molecule has 3 aromatic rings. The summed E-state index contributed by atoms with van der Waals surface area (Å²) >= 11 is 0. The number of benzene rings is 2. The molecule has 1 saturated carbocycles. The van der Waals surface area contributed by atoms with E-state index in [0.29, 0.717) is 12.1 Å². The number of aromatic amines is 1. The number of fused-ring (bicyclic) bond motifs is 3. The fourth-order valence-electron chi connectivity index (χ4n) is 4.34. The molecule has 3 unspecified atom stereocenters. The van der Waals surface area contributed by atoms with Gasteiger partial charge in [0.25, 0.3) is 0 Å². The van der Waals surface area contributed by atoms with Crippen LogP contribution >= 0.6 is 0 Å². The molecule has 3 nitrogen and oxygen atoms in total. The van der Waals surface area contributed by atoms with Crippen LogP contribution in [0.5, 0.6) is 0 Å². The van der Waals surface area contributed by atoms with Crippen molar-refractivity contribution in [1.82, 2.24) is 15.3 Å². The smallest absolute Gasteiger partial charge is 0.124 e. The number of H-pyrrole nitrogens is 1. The molecular weight excluding hydrogens is 282 g/mol. The van der Waals surface area contributed by atoms with Crippen LogP contribution in [0.1, 0.15) is 36.7 Å². The predicted octanol–water partition coefficient (Wildman–Crippen LogP) is 4.35. The number of hydrogen-bond acceptors (Lipinski definition) is 2. The second-order valence-electron chi connectivity index (χ2n) is 7.16. The van der Waals surface area contributed by atoms with Gasteiger partial charge in [-0.1, -0.05) is 35.9 Å². The average Bonchev–Trinajstić information content (AvgIpc) is 3.30. The van der Waals surface area contributed by atoms with Gasteiger partial charge in [0.2, 0.25) is 0 Å². The van der Waals surface area contributed by atoms with Crippen LogP contribution in [0.15, 0.2) is 42.6 Å². The number of hydrogen-bond donors (Lipinski definition) is 2. The van der Waals surface area contributed by atoms with Crippen molar-refractivity contribution in [2.45, 2.75) is 38.3 Å². The highest BCUT2D eigenvalue weighted by molar-refractivity contribution is 5.87. The summed E-state index contributed by atoms with van der Waals surface area (Å²) in [4.78, 5) is 8.23. The Morgan fingerprint density at radius 1 is 1.04 bits per heavy atom. The van der Waals surface area contributed by atoms with E-state index in [4.69, 9.17) is 0 Å². The normalized spacial score (nSPS) is 26.2. The van der Waals surface area contributed by atoms with Gasteiger partial charge in [-0.2, -0.15) is 0 Å². The molecule has 2 N–H and O–H groups in total. The summed E-state index contributed by atoms with van der Waals surface area (Å²) in [6.45, 7) is 2.14. The van der Waals surface area contributed by atoms with Gasteiger partial charge in [-0.05, 0) is 48.9 Å². The van der Waals surface area contributed by atoms with E-state index >= 15 is 0 Å². The fraction of sp³-hybridized carbons (Fsp3) is 0.350. The van der Waals surface area contributed by atoms with E-state index in [1.54, 1.807) is 0 Å². The lowest BCUT2D eigenvalue weighted by Crippen LogP contribution is -2.29. The van der Waals surface area contributed by atoms with Crippen LogP contribution in [-0.2, 0) is 0 Å². The zero-order valence-corrected chi connectivity index (χ0v) is 13.3. The summed E-state index contributed by atoms with van der Waals surface area (Å²) in [6, 6.07) is 14.4. The first-order valence-electron chi connectivity index (χ1n) is 8.58. The lowest BCUT2D eigenvalue weighted by molar-refractivity contribution is 0.379. The lowest BCUT2D eigenvalue weighted by atomic mass is 9.99. The van der Waals surface area contributed by atoms with Crippen molar-refractivity contribution in [2.75, 3.05) is 0 Å². The molecule has 2 fully saturated rings. The van der Waals surface area contributed by atoms with Crippen molar-refractivity contribution >= 4 is 10.8 Å². The van der Waals surface area contributed by atoms with Gasteiger partial charge in [0.1, 0.15) is 5.82 Å². The fourth-order valence-corrected chi connectivity index (χ4v) is 4.34. The highest BCUT2D eigenvalue weighted by Gasteiger charge is 2.41. The third-order valence-corrected chi connectivity index (χ3v) is 5.56. The Hall–Kier alpha value is -2.13. The van der Waals surface area contributed by atoms with E-state index in [0.717, 1.165) is 17.4 Å². The summed E-state index contributed by atoms with van der Waals surface area (Å²) in [5, 5.41) is 6.29. The van der Waals surface area contributed by atoms with E-state index in [2.05, 4.69) is 58.6 Å². The Labute approximate surface area is 136 Å². The largest absolute Gasteiger partial charge is 0.341 e. The van der Waals surface area contributed by atoms with E-state index in [9.17, 15) is 0 Å². The molecule has 3 heteroatoms. The van der Waals surface area contributed by atoms with Crippen LogP contribution in [0.25, 0.3) is 22.0 Å². The van der Waals surface area contributed by atoms with Gasteiger partial charge in [0, 0.05) is 11.6 Å². The van der Waals surface area contributed by atoms with Crippen LogP contribution in [0.2, 0.25) is 0 Å². The maximum atomic E-state index is 4.67. The molecule has 1 aliphatic carbocycles. The molecule has 0 amide bonds. The standard InChI is InChI=1S/C20H21N3/c1-12-2-3-14-9-15(5-4-13(14)8-12)18-11-21-20(23-18)19-16-6-7-17(10-16)22-19/h2-5,8-9,11,16-17,19,22H,6-7,10H2,1H3,(H,21,23). The Morgan fingerprint density at radius 3 is 2.74 bits per heavy atom. The molecule has 2 bridgehead atoms. The molecule has 1 aliphatic heterocycles. The number of piperidine rings is 1. The summed E-state index contributed by atoms with van der Waals surface area (Å²) in [7, 11) is 0. The summed E-state index contributed by atoms with van der Waals surface area (Å²) in [5.41, 5.74) is 3.63. The molecule has 2 aliphatic rings. The quantitative estimate of drug-likeness (QED) is 0.739. The third-order valence-electron chi connectivity index (χ3n) is 5.56. The molecule has 2 aromatic carbocycles. The predicted molar refractivity (Wildman–Crippen MR) is 93.3 cm³/mol. The number of aromatic nitrogens is 2. The van der Waals surface area contributed by atoms with E-state index in [-0.39, 0.29) is 0 Å². The zero-order chi connectivity index (χ0) is 15.4. The Morgan fingerprint density at radius 2 is 1.91 bits per heavy atom. The third kappa shape index (κ3) is 2.19. The Balaban J connectivity index is 1.49. The highest BCUT2D eigenvalue weighted by Crippen LogP contribution is 2.42. The first-order valence-corrected chi connectivity index (χ1v) is 8.58. The zero-order valence-electron chi connectivity index (χ0n) is 13.3. The van der Waals surface area contributed by atoms with Crippen molar-refractivity contribution in [3.63, 3.8) is 0 Å². The summed E-state index contributed by atoms with van der Waals surface area (Å²) in [6.07, 6.45) is 5.97. The van der Waals surface area contributed by atoms with Crippen LogP contribution < -0.4 is 5.32 Å². The topological polar surface area (TPSA) is 40.7 Å². The number of rotatable bonds is 2. The molecular formula is C20H21N3. The van der Waals surface area contributed by atoms with Gasteiger partial charge in [-0.3, -0.25) is 0 Å². The Bertz CT molecular complexity index is 879. The monoisotopic (exact) mass is 303 g/mol. The molecule has 5 rings (SSSR count). The second-order valence-corrected chi connectivity index (χ2v) is 7.16. The van der Waals surface area contributed by atoms with Gasteiger partial charge < -0.3 is 10.3 Å². The van der Waals surface area contributed by atoms with Crippen molar-refractivity contribution in [3.05, 3.63) is 54.0 Å². The van der Waals surface area contributed by atoms with Crippen molar-refractivity contribution < 1.29 is 0 Å². The number of imidazole rings is 1. The minimum atomic E-state index is 0.422. The van der Waals surface area contributed by atoms with E-state index in [1.807, 2.05) is 6.20 Å². The molecule has 2 heterocycles. The summed E-state index contributed by atoms with van der Waals surface area (Å²) in [5.74, 6) is 1.87. The molecule has 0 spiro atoms. The molecule has 3 atom stereocenters. The summed E-state index contributed by atoms with van der Waals surface area (Å²) < 4.78 is 0. The van der Waals surface area contributed by atoms with Crippen molar-refractivity contribution in [2.24, 2.45) is 5.92 Å². The van der Waals surface area contributed by atoms with E-state index in [1.165, 1.54) is 41.2 Å². The van der Waals surface area contributed by atoms with Gasteiger partial charge in [-0.15, -0.1) is 0 Å². The van der Waals surface area contributed by atoms with Gasteiger partial charge in [-0.25, -0.2) is 4.98 Å². The first kappa shape index (κ1) is 13.3. The second kappa shape index (κ2) is 4.93. The van der Waals surface area contributed by atoms with E-state index < -0.39 is 0 Å². The Kier molecular flexibility index (Phi) is 2.86. The number of aryl methyl sites for hydroxylation is 1. The molecule has 116 valence electrons. The maximum Gasteiger partial charge on any atom is 0.124 e. The van der Waals surface area contributed by atoms with Gasteiger partial charge >= 0.3 is 0 Å². The molecule has 0 radical (unpaired) electrons. The minimum absolute atomic E-state index is 0.422. The van der Waals surface area contributed by atoms with Gasteiger partial charge in [0.05, 0.1) is 17.9 Å². The number of nitrogens with one attached hydrogen (secondary N) is 2. The van der Waals surface area contributed by atoms with Gasteiger partial charge in [0.15, 0.2) is 0 Å². The number of nitrogens with zero attached hydrogens (tertiary/aromatic N) is 1. The molecule has 23 heavy (non-hydrogen) atoms. The molecule has 1 saturated heterocycles. The van der Waals surface area contributed by atoms with Crippen molar-refractivity contribution in [1.29, 1.82) is 0 Å². The minimum Gasteiger partial charge on any atom is -0.341 e. The maximum absolute atomic E-state index is 4.67. The van der Waals surface area contributed by atoms with Crippen LogP contribution in [-0.4, -0.2) is 16.0 Å². The highest BCUT2D eigenvalue weighted by atomic mass is 15.1. The molecule has 1 aromatic heterocycles. The lowest BCUT2D eigenvalue weighted by Gasteiger charge is -2.20.